The summed E-state index contributed by atoms with van der Waals surface area (Å²) in [6, 6.07) is 7.72. The van der Waals surface area contributed by atoms with Gasteiger partial charge >= 0.3 is 5.97 Å². The van der Waals surface area contributed by atoms with E-state index in [1.165, 1.54) is 5.56 Å². The van der Waals surface area contributed by atoms with E-state index in [0.717, 1.165) is 5.56 Å². The van der Waals surface area contributed by atoms with Crippen LogP contribution in [0.25, 0.3) is 0 Å². The van der Waals surface area contributed by atoms with Gasteiger partial charge in [0, 0.05) is 6.04 Å². The summed E-state index contributed by atoms with van der Waals surface area (Å²) in [5.74, 6) is -0.386. The van der Waals surface area contributed by atoms with Crippen LogP contribution in [0.4, 0.5) is 0 Å². The van der Waals surface area contributed by atoms with Crippen LogP contribution in [0.3, 0.4) is 0 Å². The van der Waals surface area contributed by atoms with Gasteiger partial charge in [0.2, 0.25) is 0 Å². The molecule has 80 valence electrons. The van der Waals surface area contributed by atoms with Crippen molar-refractivity contribution < 1.29 is 9.53 Å². The summed E-state index contributed by atoms with van der Waals surface area (Å²) >= 11 is 0. The molecule has 1 aromatic rings. The summed E-state index contributed by atoms with van der Waals surface area (Å²) in [4.78, 5) is 11.6. The van der Waals surface area contributed by atoms with E-state index in [1.807, 2.05) is 31.2 Å². The number of fused-ring (bicyclic) bond motifs is 1. The van der Waals surface area contributed by atoms with Crippen molar-refractivity contribution >= 4 is 5.97 Å². The first kappa shape index (κ1) is 10.2. The van der Waals surface area contributed by atoms with Crippen molar-refractivity contribution in [1.82, 2.24) is 0 Å². The maximum absolute atomic E-state index is 11.6. The lowest BCUT2D eigenvalue weighted by atomic mass is 10.0. The van der Waals surface area contributed by atoms with Crippen molar-refractivity contribution in [2.24, 2.45) is 11.7 Å². The average molecular weight is 205 g/mol. The molecule has 2 N–H and O–H groups in total. The molecule has 0 amide bonds. The van der Waals surface area contributed by atoms with E-state index in [2.05, 4.69) is 0 Å². The lowest BCUT2D eigenvalue weighted by Gasteiger charge is -2.13. The molecule has 1 aliphatic rings. The molecular weight excluding hydrogens is 190 g/mol. The van der Waals surface area contributed by atoms with Crippen molar-refractivity contribution in [3.63, 3.8) is 0 Å². The number of ether oxygens (including phenoxy) is 1. The van der Waals surface area contributed by atoms with Gasteiger partial charge in [-0.05, 0) is 24.5 Å². The van der Waals surface area contributed by atoms with Gasteiger partial charge in [-0.3, -0.25) is 4.79 Å². The second-order valence-electron chi connectivity index (χ2n) is 3.79. The van der Waals surface area contributed by atoms with Gasteiger partial charge in [0.1, 0.15) is 0 Å². The first-order valence-corrected chi connectivity index (χ1v) is 5.24. The molecule has 0 heterocycles. The zero-order chi connectivity index (χ0) is 10.8. The average Bonchev–Trinajstić information content (AvgIpc) is 2.57. The van der Waals surface area contributed by atoms with Crippen LogP contribution in [0.5, 0.6) is 0 Å². The Labute approximate surface area is 89.2 Å². The molecule has 1 aromatic carbocycles. The largest absolute Gasteiger partial charge is 0.466 e. The molecule has 0 unspecified atom stereocenters. The van der Waals surface area contributed by atoms with Gasteiger partial charge in [0.05, 0.1) is 12.5 Å². The maximum atomic E-state index is 11.6. The highest BCUT2D eigenvalue weighted by Gasteiger charge is 2.35. The number of carbonyl (C=O) groups is 1. The highest BCUT2D eigenvalue weighted by atomic mass is 16.5. The summed E-state index contributed by atoms with van der Waals surface area (Å²) in [5.41, 5.74) is 8.27. The minimum atomic E-state index is -0.208. The summed E-state index contributed by atoms with van der Waals surface area (Å²) in [6.07, 6.45) is 0.705. The lowest BCUT2D eigenvalue weighted by Crippen LogP contribution is -2.26. The molecule has 0 saturated carbocycles. The second kappa shape index (κ2) is 4.03. The highest BCUT2D eigenvalue weighted by Crippen LogP contribution is 2.34. The van der Waals surface area contributed by atoms with Gasteiger partial charge in [-0.1, -0.05) is 24.3 Å². The van der Waals surface area contributed by atoms with E-state index in [9.17, 15) is 4.79 Å². The number of hydrogen-bond donors (Lipinski definition) is 1. The van der Waals surface area contributed by atoms with Crippen LogP contribution in [-0.4, -0.2) is 12.6 Å². The van der Waals surface area contributed by atoms with Gasteiger partial charge in [0.25, 0.3) is 0 Å². The Morgan fingerprint density at radius 3 is 2.93 bits per heavy atom. The Balaban J connectivity index is 2.19. The van der Waals surface area contributed by atoms with Gasteiger partial charge in [0.15, 0.2) is 0 Å². The second-order valence-corrected chi connectivity index (χ2v) is 3.79. The quantitative estimate of drug-likeness (QED) is 0.743. The molecule has 3 heteroatoms. The third-order valence-corrected chi connectivity index (χ3v) is 2.88. The summed E-state index contributed by atoms with van der Waals surface area (Å²) in [6.45, 7) is 2.23. The lowest BCUT2D eigenvalue weighted by molar-refractivity contribution is -0.148. The maximum Gasteiger partial charge on any atom is 0.311 e. The van der Waals surface area contributed by atoms with E-state index < -0.39 is 0 Å². The van der Waals surface area contributed by atoms with E-state index in [1.54, 1.807) is 0 Å². The van der Waals surface area contributed by atoms with Gasteiger partial charge in [-0.2, -0.15) is 0 Å². The molecule has 3 nitrogen and oxygen atoms in total. The fourth-order valence-electron chi connectivity index (χ4n) is 2.11. The van der Waals surface area contributed by atoms with Gasteiger partial charge < -0.3 is 10.5 Å². The molecule has 15 heavy (non-hydrogen) atoms. The fraction of sp³-hybridized carbons (Fsp3) is 0.417. The highest BCUT2D eigenvalue weighted by molar-refractivity contribution is 5.75. The Morgan fingerprint density at radius 2 is 2.27 bits per heavy atom. The number of nitrogens with two attached hydrogens (primary N) is 1. The van der Waals surface area contributed by atoms with E-state index in [0.29, 0.717) is 13.0 Å². The van der Waals surface area contributed by atoms with Crippen molar-refractivity contribution in [2.45, 2.75) is 19.4 Å². The van der Waals surface area contributed by atoms with Crippen molar-refractivity contribution in [3.8, 4) is 0 Å². The molecular formula is C12H15NO2. The topological polar surface area (TPSA) is 52.3 Å². The zero-order valence-electron chi connectivity index (χ0n) is 8.77. The third-order valence-electron chi connectivity index (χ3n) is 2.88. The first-order valence-electron chi connectivity index (χ1n) is 5.24. The number of rotatable bonds is 2. The molecule has 0 saturated heterocycles. The summed E-state index contributed by atoms with van der Waals surface area (Å²) in [5, 5.41) is 0. The van der Waals surface area contributed by atoms with Crippen molar-refractivity contribution in [2.75, 3.05) is 6.61 Å². The molecule has 0 aromatic heterocycles. The van der Waals surface area contributed by atoms with E-state index in [-0.39, 0.29) is 17.9 Å². The monoisotopic (exact) mass is 205 g/mol. The van der Waals surface area contributed by atoms with E-state index >= 15 is 0 Å². The molecule has 0 spiro atoms. The Morgan fingerprint density at radius 1 is 1.53 bits per heavy atom. The Bertz CT molecular complexity index is 376. The molecule has 0 radical (unpaired) electrons. The van der Waals surface area contributed by atoms with Crippen LogP contribution in [0.15, 0.2) is 24.3 Å². The van der Waals surface area contributed by atoms with E-state index in [4.69, 9.17) is 10.5 Å². The fourth-order valence-corrected chi connectivity index (χ4v) is 2.11. The predicted molar refractivity (Wildman–Crippen MR) is 57.2 cm³/mol. The van der Waals surface area contributed by atoms with Crippen LogP contribution in [0, 0.1) is 5.92 Å². The van der Waals surface area contributed by atoms with Gasteiger partial charge in [-0.25, -0.2) is 0 Å². The normalized spacial score (nSPS) is 23.6. The molecule has 0 fully saturated rings. The number of hydrogen-bond acceptors (Lipinski definition) is 3. The molecule has 0 bridgehead atoms. The third kappa shape index (κ3) is 1.75. The van der Waals surface area contributed by atoms with Crippen LogP contribution < -0.4 is 5.73 Å². The number of benzene rings is 1. The minimum Gasteiger partial charge on any atom is -0.466 e. The Kier molecular flexibility index (Phi) is 2.73. The molecule has 2 rings (SSSR count). The minimum absolute atomic E-state index is 0.179. The first-order chi connectivity index (χ1) is 7.24. The molecule has 1 aliphatic carbocycles. The van der Waals surface area contributed by atoms with Gasteiger partial charge in [-0.15, -0.1) is 0 Å². The van der Waals surface area contributed by atoms with Crippen LogP contribution in [0.1, 0.15) is 24.1 Å². The number of esters is 1. The summed E-state index contributed by atoms with van der Waals surface area (Å²) in [7, 11) is 0. The molecule has 0 aliphatic heterocycles. The standard InChI is InChI=1S/C12H15NO2/c1-2-15-12(14)10-7-8-5-3-4-6-9(8)11(10)13/h3-6,10-11H,2,7,13H2,1H3/t10-,11+/m1/s1. The summed E-state index contributed by atoms with van der Waals surface area (Å²) < 4.78 is 5.01. The van der Waals surface area contributed by atoms with Crippen molar-refractivity contribution in [3.05, 3.63) is 35.4 Å². The van der Waals surface area contributed by atoms with Crippen LogP contribution >= 0.6 is 0 Å². The zero-order valence-corrected chi connectivity index (χ0v) is 8.77. The van der Waals surface area contributed by atoms with Crippen LogP contribution in [-0.2, 0) is 16.0 Å². The Hall–Kier alpha value is -1.35. The van der Waals surface area contributed by atoms with Crippen molar-refractivity contribution in [1.29, 1.82) is 0 Å². The SMILES string of the molecule is CCOC(=O)[C@@H]1Cc2ccccc2[C@@H]1N. The number of carbonyl (C=O) groups excluding carboxylic acids is 1. The predicted octanol–water partition coefficient (Wildman–Crippen LogP) is 1.42. The molecule has 2 atom stereocenters. The van der Waals surface area contributed by atoms with Crippen LogP contribution in [0.2, 0.25) is 0 Å². The smallest absolute Gasteiger partial charge is 0.311 e.